The Labute approximate surface area is 234 Å². The van der Waals surface area contributed by atoms with Gasteiger partial charge in [0.05, 0.1) is 47.5 Å². The summed E-state index contributed by atoms with van der Waals surface area (Å²) < 4.78 is 1.95. The van der Waals surface area contributed by atoms with Crippen molar-refractivity contribution in [2.75, 3.05) is 12.4 Å². The van der Waals surface area contributed by atoms with Crippen molar-refractivity contribution in [3.63, 3.8) is 0 Å². The molecule has 2 N–H and O–H groups in total. The molecule has 0 unspecified atom stereocenters. The van der Waals surface area contributed by atoms with Crippen molar-refractivity contribution in [2.45, 2.75) is 46.0 Å². The van der Waals surface area contributed by atoms with E-state index in [9.17, 15) is 0 Å². The SMILES string of the molecule is C=C(Nc1cncc(-c2ccc(C)c(/C(=N\C)c3nc4c(-n5cnc(C)c5)cncc4[nH]3)c2)c1)C1CCCCC1. The van der Waals surface area contributed by atoms with Gasteiger partial charge in [0.1, 0.15) is 11.2 Å². The van der Waals surface area contributed by atoms with Crippen LogP contribution in [0, 0.1) is 19.8 Å². The van der Waals surface area contributed by atoms with Crippen molar-refractivity contribution in [2.24, 2.45) is 10.9 Å². The Hall–Kier alpha value is -4.59. The van der Waals surface area contributed by atoms with Gasteiger partial charge in [-0.05, 0) is 55.9 Å². The highest BCUT2D eigenvalue weighted by molar-refractivity contribution is 6.13. The van der Waals surface area contributed by atoms with Crippen LogP contribution in [0.25, 0.3) is 27.8 Å². The van der Waals surface area contributed by atoms with E-state index in [4.69, 9.17) is 4.98 Å². The third-order valence-electron chi connectivity index (χ3n) is 7.78. The third-order valence-corrected chi connectivity index (χ3v) is 7.78. The van der Waals surface area contributed by atoms with Gasteiger partial charge in [0, 0.05) is 36.3 Å². The fourth-order valence-electron chi connectivity index (χ4n) is 5.59. The van der Waals surface area contributed by atoms with Crippen LogP contribution < -0.4 is 5.32 Å². The van der Waals surface area contributed by atoms with E-state index in [0.29, 0.717) is 11.7 Å². The normalized spacial score (nSPS) is 14.5. The molecule has 0 amide bonds. The summed E-state index contributed by atoms with van der Waals surface area (Å²) in [5.74, 6) is 1.23. The summed E-state index contributed by atoms with van der Waals surface area (Å²) in [4.78, 5) is 26.4. The molecule has 4 heterocycles. The lowest BCUT2D eigenvalue weighted by Crippen LogP contribution is -2.14. The van der Waals surface area contributed by atoms with E-state index in [-0.39, 0.29) is 0 Å². The number of pyridine rings is 2. The van der Waals surface area contributed by atoms with Crippen LogP contribution in [0.5, 0.6) is 0 Å². The smallest absolute Gasteiger partial charge is 0.157 e. The first-order valence-corrected chi connectivity index (χ1v) is 13.8. The third kappa shape index (κ3) is 5.04. The molecule has 0 saturated heterocycles. The second-order valence-electron chi connectivity index (χ2n) is 10.6. The van der Waals surface area contributed by atoms with E-state index in [2.05, 4.69) is 68.0 Å². The zero-order valence-corrected chi connectivity index (χ0v) is 23.3. The number of nitrogens with zero attached hydrogens (tertiary/aromatic N) is 6. The Kier molecular flexibility index (Phi) is 6.99. The topological polar surface area (TPSA) is 96.7 Å². The number of rotatable bonds is 7. The molecule has 1 fully saturated rings. The molecule has 0 spiro atoms. The first-order valence-electron chi connectivity index (χ1n) is 13.8. The number of aryl methyl sites for hydroxylation is 2. The minimum absolute atomic E-state index is 0.532. The van der Waals surface area contributed by atoms with Gasteiger partial charge in [-0.3, -0.25) is 15.0 Å². The summed E-state index contributed by atoms with van der Waals surface area (Å²) in [7, 11) is 1.80. The minimum Gasteiger partial charge on any atom is -0.358 e. The van der Waals surface area contributed by atoms with Gasteiger partial charge in [-0.1, -0.05) is 38.0 Å². The number of fused-ring (bicyclic) bond motifs is 1. The monoisotopic (exact) mass is 530 g/mol. The molecule has 1 aliphatic rings. The zero-order valence-electron chi connectivity index (χ0n) is 23.3. The molecular formula is C32H34N8. The quantitative estimate of drug-likeness (QED) is 0.226. The van der Waals surface area contributed by atoms with Crippen LogP contribution in [0.15, 0.2) is 78.8 Å². The lowest BCUT2D eigenvalue weighted by Gasteiger charge is -2.24. The molecule has 0 radical (unpaired) electrons. The van der Waals surface area contributed by atoms with E-state index < -0.39 is 0 Å². The van der Waals surface area contributed by atoms with Gasteiger partial charge in [-0.25, -0.2) is 9.97 Å². The van der Waals surface area contributed by atoms with Gasteiger partial charge >= 0.3 is 0 Å². The average molecular weight is 531 g/mol. The maximum Gasteiger partial charge on any atom is 0.157 e. The Morgan fingerprint density at radius 3 is 2.62 bits per heavy atom. The van der Waals surface area contributed by atoms with E-state index in [1.54, 1.807) is 25.8 Å². The van der Waals surface area contributed by atoms with Crippen LogP contribution in [0.4, 0.5) is 5.69 Å². The molecule has 5 aromatic rings. The van der Waals surface area contributed by atoms with E-state index in [0.717, 1.165) is 61.8 Å². The molecule has 0 bridgehead atoms. The van der Waals surface area contributed by atoms with Crippen molar-refractivity contribution < 1.29 is 0 Å². The highest BCUT2D eigenvalue weighted by atomic mass is 15.1. The second-order valence-corrected chi connectivity index (χ2v) is 10.6. The molecule has 1 aliphatic carbocycles. The van der Waals surface area contributed by atoms with Gasteiger partial charge in [-0.2, -0.15) is 0 Å². The lowest BCUT2D eigenvalue weighted by atomic mass is 9.87. The number of anilines is 1. The van der Waals surface area contributed by atoms with Gasteiger partial charge in [0.25, 0.3) is 0 Å². The van der Waals surface area contributed by atoms with Crippen LogP contribution in [-0.2, 0) is 0 Å². The number of hydrogen-bond donors (Lipinski definition) is 2. The number of aromatic nitrogens is 6. The van der Waals surface area contributed by atoms with Crippen LogP contribution >= 0.6 is 0 Å². The van der Waals surface area contributed by atoms with Crippen LogP contribution in [-0.4, -0.2) is 42.2 Å². The number of hydrogen-bond acceptors (Lipinski definition) is 6. The molecule has 8 nitrogen and oxygen atoms in total. The molecule has 0 aliphatic heterocycles. The Balaban J connectivity index is 1.32. The number of nitrogens with one attached hydrogen (secondary N) is 2. The number of aliphatic imine (C=N–C) groups is 1. The van der Waals surface area contributed by atoms with Gasteiger partial charge < -0.3 is 14.9 Å². The summed E-state index contributed by atoms with van der Waals surface area (Å²) in [5.41, 5.74) is 10.5. The highest BCUT2D eigenvalue weighted by Gasteiger charge is 2.19. The molecule has 202 valence electrons. The maximum absolute atomic E-state index is 4.97. The summed E-state index contributed by atoms with van der Waals surface area (Å²) in [6, 6.07) is 8.57. The number of imidazole rings is 2. The molecule has 40 heavy (non-hydrogen) atoms. The first-order chi connectivity index (χ1) is 19.5. The molecule has 4 aromatic heterocycles. The average Bonchev–Trinajstić information content (AvgIpc) is 3.61. The van der Waals surface area contributed by atoms with Crippen LogP contribution in [0.1, 0.15) is 54.7 Å². The van der Waals surface area contributed by atoms with Gasteiger partial charge in [-0.15, -0.1) is 0 Å². The fourth-order valence-corrected chi connectivity index (χ4v) is 5.59. The number of allylic oxidation sites excluding steroid dienone is 1. The van der Waals surface area contributed by atoms with Gasteiger partial charge in [0.15, 0.2) is 5.82 Å². The standard InChI is InChI=1S/C32H34N8/c1-20-10-11-24(25-12-26(15-34-14-25)37-22(3)23-8-6-5-7-9-23)13-27(20)30(33-4)32-38-28-16-35-17-29(31(28)39-32)40-18-21(2)36-19-40/h10-19,23,37H,3,5-9H2,1-2,4H3,(H,38,39)/b33-30+. The number of aromatic amines is 1. The van der Waals surface area contributed by atoms with Gasteiger partial charge in [0.2, 0.25) is 0 Å². The maximum atomic E-state index is 4.97. The lowest BCUT2D eigenvalue weighted by molar-refractivity contribution is 0.405. The van der Waals surface area contributed by atoms with Crippen molar-refractivity contribution in [1.29, 1.82) is 0 Å². The van der Waals surface area contributed by atoms with E-state index in [1.165, 1.54) is 32.1 Å². The minimum atomic E-state index is 0.532. The molecule has 1 saturated carbocycles. The van der Waals surface area contributed by atoms with E-state index >= 15 is 0 Å². The fraction of sp³-hybridized carbons (Fsp3) is 0.281. The Morgan fingerprint density at radius 1 is 1.02 bits per heavy atom. The van der Waals surface area contributed by atoms with Crippen molar-refractivity contribution in [3.8, 4) is 16.8 Å². The first kappa shape index (κ1) is 25.7. The Bertz CT molecular complexity index is 1720. The summed E-state index contributed by atoms with van der Waals surface area (Å²) in [5, 5.41) is 3.53. The summed E-state index contributed by atoms with van der Waals surface area (Å²) >= 11 is 0. The summed E-state index contributed by atoms with van der Waals surface area (Å²) in [6.07, 6.45) is 17.4. The highest BCUT2D eigenvalue weighted by Crippen LogP contribution is 2.31. The van der Waals surface area contributed by atoms with E-state index in [1.807, 2.05) is 30.1 Å². The molecule has 0 atom stereocenters. The number of benzene rings is 1. The van der Waals surface area contributed by atoms with Crippen LogP contribution in [0.2, 0.25) is 0 Å². The molecule has 1 aromatic carbocycles. The molecular weight excluding hydrogens is 496 g/mol. The predicted molar refractivity (Wildman–Crippen MR) is 161 cm³/mol. The Morgan fingerprint density at radius 2 is 1.85 bits per heavy atom. The molecule has 8 heteroatoms. The zero-order chi connectivity index (χ0) is 27.6. The second kappa shape index (κ2) is 10.9. The van der Waals surface area contributed by atoms with Crippen LogP contribution in [0.3, 0.4) is 0 Å². The summed E-state index contributed by atoms with van der Waals surface area (Å²) in [6.45, 7) is 8.40. The number of H-pyrrole nitrogens is 1. The van der Waals surface area contributed by atoms with Crippen molar-refractivity contribution >= 4 is 22.4 Å². The van der Waals surface area contributed by atoms with Crippen molar-refractivity contribution in [3.05, 3.63) is 96.5 Å². The predicted octanol–water partition coefficient (Wildman–Crippen LogP) is 6.80. The van der Waals surface area contributed by atoms with Crippen molar-refractivity contribution in [1.82, 2.24) is 29.5 Å². The largest absolute Gasteiger partial charge is 0.358 e. The molecule has 6 rings (SSSR count).